The third-order valence-electron chi connectivity index (χ3n) is 5.57. The molecule has 10 heteroatoms. The highest BCUT2D eigenvalue weighted by Gasteiger charge is 2.27. The number of imide groups is 1. The van der Waals surface area contributed by atoms with Gasteiger partial charge in [0.05, 0.1) is 23.3 Å². The molecule has 2 aromatic rings. The quantitative estimate of drug-likeness (QED) is 0.536. The second kappa shape index (κ2) is 9.07. The van der Waals surface area contributed by atoms with Gasteiger partial charge in [-0.15, -0.1) is 11.3 Å². The number of ether oxygens (including phenoxy) is 1. The largest absolute Gasteiger partial charge is 0.376 e. The fourth-order valence-electron chi connectivity index (χ4n) is 3.95. The summed E-state index contributed by atoms with van der Waals surface area (Å²) in [6.07, 6.45) is 6.02. The molecule has 1 aliphatic heterocycles. The number of hydrogen-bond donors (Lipinski definition) is 2. The van der Waals surface area contributed by atoms with Gasteiger partial charge in [-0.3, -0.25) is 19.5 Å². The van der Waals surface area contributed by atoms with E-state index in [-0.39, 0.29) is 11.7 Å². The number of aryl methyl sites for hydroxylation is 2. The Bertz CT molecular complexity index is 1030. The van der Waals surface area contributed by atoms with Crippen molar-refractivity contribution in [2.24, 2.45) is 0 Å². The van der Waals surface area contributed by atoms with E-state index in [2.05, 4.69) is 10.6 Å². The van der Waals surface area contributed by atoms with Crippen molar-refractivity contribution in [3.8, 4) is 0 Å². The Morgan fingerprint density at radius 2 is 2.13 bits per heavy atom. The minimum absolute atomic E-state index is 0.0224. The summed E-state index contributed by atoms with van der Waals surface area (Å²) in [5.41, 5.74) is 1.11. The van der Waals surface area contributed by atoms with Crippen molar-refractivity contribution < 1.29 is 14.3 Å². The number of nitrogens with zero attached hydrogens (tertiary/aromatic N) is 2. The van der Waals surface area contributed by atoms with Crippen LogP contribution in [0.25, 0.3) is 10.2 Å². The summed E-state index contributed by atoms with van der Waals surface area (Å²) >= 11 is 2.80. The van der Waals surface area contributed by atoms with Gasteiger partial charge in [0.1, 0.15) is 4.83 Å². The number of thiophene rings is 1. The first kappa shape index (κ1) is 21.3. The maximum absolute atomic E-state index is 13.5. The van der Waals surface area contributed by atoms with E-state index >= 15 is 0 Å². The van der Waals surface area contributed by atoms with Crippen LogP contribution in [0, 0.1) is 0 Å². The van der Waals surface area contributed by atoms with Crippen molar-refractivity contribution in [2.45, 2.75) is 68.5 Å². The normalized spacial score (nSPS) is 19.5. The molecule has 30 heavy (non-hydrogen) atoms. The van der Waals surface area contributed by atoms with Gasteiger partial charge >= 0.3 is 6.03 Å². The number of thioether (sulfide) groups is 1. The Balaban J connectivity index is 1.71. The lowest BCUT2D eigenvalue weighted by molar-refractivity contribution is -0.119. The Kier molecular flexibility index (Phi) is 6.45. The van der Waals surface area contributed by atoms with E-state index in [9.17, 15) is 14.4 Å². The molecular weight excluding hydrogens is 424 g/mol. The van der Waals surface area contributed by atoms with Gasteiger partial charge in [0, 0.05) is 18.5 Å². The van der Waals surface area contributed by atoms with Crippen LogP contribution in [0.3, 0.4) is 0 Å². The zero-order valence-corrected chi connectivity index (χ0v) is 18.8. The third kappa shape index (κ3) is 4.26. The SMILES string of the molecule is CNC(=O)NC(=O)C(C)Sc1nc2sc3c(c2c(=O)n1CC1CCCO1)CCCC3. The number of carbonyl (C=O) groups excluding carboxylic acids is 2. The summed E-state index contributed by atoms with van der Waals surface area (Å²) in [6.45, 7) is 2.84. The molecule has 0 aromatic carbocycles. The number of nitrogens with one attached hydrogen (secondary N) is 2. The average Bonchev–Trinajstić information content (AvgIpc) is 3.37. The van der Waals surface area contributed by atoms with Crippen molar-refractivity contribution in [3.63, 3.8) is 0 Å². The second-order valence-electron chi connectivity index (χ2n) is 7.66. The van der Waals surface area contributed by atoms with E-state index in [1.54, 1.807) is 22.8 Å². The fraction of sp³-hybridized carbons (Fsp3) is 0.600. The molecule has 3 amide bonds. The van der Waals surface area contributed by atoms with Crippen molar-refractivity contribution in [1.82, 2.24) is 20.2 Å². The average molecular weight is 451 g/mol. The number of fused-ring (bicyclic) bond motifs is 3. The molecule has 162 valence electrons. The van der Waals surface area contributed by atoms with Gasteiger partial charge in [-0.05, 0) is 51.0 Å². The summed E-state index contributed by atoms with van der Waals surface area (Å²) in [5, 5.41) is 5.31. The number of hydrogen-bond acceptors (Lipinski definition) is 7. The van der Waals surface area contributed by atoms with Gasteiger partial charge < -0.3 is 10.1 Å². The zero-order valence-electron chi connectivity index (χ0n) is 17.2. The van der Waals surface area contributed by atoms with Crippen molar-refractivity contribution in [2.75, 3.05) is 13.7 Å². The summed E-state index contributed by atoms with van der Waals surface area (Å²) in [6, 6.07) is -0.557. The number of carbonyl (C=O) groups is 2. The predicted octanol–water partition coefficient (Wildman–Crippen LogP) is 2.45. The minimum Gasteiger partial charge on any atom is -0.376 e. The van der Waals surface area contributed by atoms with E-state index in [1.165, 1.54) is 23.7 Å². The van der Waals surface area contributed by atoms with Crippen molar-refractivity contribution in [1.29, 1.82) is 0 Å². The Morgan fingerprint density at radius 1 is 1.33 bits per heavy atom. The van der Waals surface area contributed by atoms with Gasteiger partial charge in [-0.25, -0.2) is 9.78 Å². The number of aromatic nitrogens is 2. The lowest BCUT2D eigenvalue weighted by Gasteiger charge is -2.18. The second-order valence-corrected chi connectivity index (χ2v) is 10.1. The highest BCUT2D eigenvalue weighted by Crippen LogP contribution is 2.35. The van der Waals surface area contributed by atoms with Gasteiger partial charge in [0.25, 0.3) is 5.56 Å². The van der Waals surface area contributed by atoms with Crippen LogP contribution < -0.4 is 16.2 Å². The van der Waals surface area contributed by atoms with Crippen molar-refractivity contribution >= 4 is 45.3 Å². The molecule has 2 unspecified atom stereocenters. The number of rotatable bonds is 5. The standard InChI is InChI=1S/C20H26N4O4S2/c1-11(16(25)22-19(27)21-2)29-20-23-17-15(13-7-3-4-8-14(13)30-17)18(26)24(20)10-12-6-5-9-28-12/h11-12H,3-10H2,1-2H3,(H2,21,22,25,27). The lowest BCUT2D eigenvalue weighted by Crippen LogP contribution is -2.41. The summed E-state index contributed by atoms with van der Waals surface area (Å²) in [4.78, 5) is 44.2. The molecule has 1 saturated heterocycles. The number of amides is 3. The molecule has 1 fully saturated rings. The van der Waals surface area contributed by atoms with Crippen LogP contribution in [0.2, 0.25) is 0 Å². The molecule has 0 radical (unpaired) electrons. The molecular formula is C20H26N4O4S2. The molecule has 1 aliphatic carbocycles. The highest BCUT2D eigenvalue weighted by atomic mass is 32.2. The molecule has 4 rings (SSSR count). The van der Waals surface area contributed by atoms with Crippen LogP contribution in [0.5, 0.6) is 0 Å². The van der Waals surface area contributed by atoms with Crippen LogP contribution in [-0.2, 0) is 28.9 Å². The predicted molar refractivity (Wildman–Crippen MR) is 117 cm³/mol. The zero-order chi connectivity index (χ0) is 21.3. The first-order chi connectivity index (χ1) is 14.5. The van der Waals surface area contributed by atoms with Crippen LogP contribution in [0.4, 0.5) is 4.79 Å². The first-order valence-electron chi connectivity index (χ1n) is 10.3. The maximum Gasteiger partial charge on any atom is 0.321 e. The lowest BCUT2D eigenvalue weighted by atomic mass is 9.97. The van der Waals surface area contributed by atoms with E-state index in [0.29, 0.717) is 18.3 Å². The topological polar surface area (TPSA) is 102 Å². The maximum atomic E-state index is 13.5. The van der Waals surface area contributed by atoms with Crippen LogP contribution in [0.1, 0.15) is 43.0 Å². The first-order valence-corrected chi connectivity index (χ1v) is 12.0. The molecule has 2 aromatic heterocycles. The van der Waals surface area contributed by atoms with E-state index in [0.717, 1.165) is 54.3 Å². The molecule has 0 bridgehead atoms. The fourth-order valence-corrected chi connectivity index (χ4v) is 6.17. The van der Waals surface area contributed by atoms with Crippen LogP contribution >= 0.6 is 23.1 Å². The van der Waals surface area contributed by atoms with Gasteiger partial charge in [-0.1, -0.05) is 11.8 Å². The summed E-state index contributed by atoms with van der Waals surface area (Å²) in [7, 11) is 1.45. The van der Waals surface area contributed by atoms with E-state index in [4.69, 9.17) is 9.72 Å². The highest BCUT2D eigenvalue weighted by molar-refractivity contribution is 8.00. The summed E-state index contributed by atoms with van der Waals surface area (Å²) in [5.74, 6) is -0.428. The van der Waals surface area contributed by atoms with Crippen LogP contribution in [0.15, 0.2) is 9.95 Å². The molecule has 3 heterocycles. The monoisotopic (exact) mass is 450 g/mol. The Morgan fingerprint density at radius 3 is 2.87 bits per heavy atom. The van der Waals surface area contributed by atoms with E-state index in [1.807, 2.05) is 0 Å². The Labute approximate surface area is 182 Å². The molecule has 2 atom stereocenters. The molecule has 2 aliphatic rings. The molecule has 2 N–H and O–H groups in total. The van der Waals surface area contributed by atoms with Gasteiger partial charge in [-0.2, -0.15) is 0 Å². The Hall–Kier alpha value is -1.91. The summed E-state index contributed by atoms with van der Waals surface area (Å²) < 4.78 is 7.44. The van der Waals surface area contributed by atoms with Crippen LogP contribution in [-0.4, -0.2) is 46.5 Å². The molecule has 0 saturated carbocycles. The number of urea groups is 1. The molecule has 0 spiro atoms. The van der Waals surface area contributed by atoms with E-state index < -0.39 is 17.2 Å². The molecule has 8 nitrogen and oxygen atoms in total. The van der Waals surface area contributed by atoms with Gasteiger partial charge in [0.15, 0.2) is 5.16 Å². The third-order valence-corrected chi connectivity index (χ3v) is 7.84. The van der Waals surface area contributed by atoms with Gasteiger partial charge in [0.2, 0.25) is 5.91 Å². The van der Waals surface area contributed by atoms with Crippen molar-refractivity contribution in [3.05, 3.63) is 20.8 Å². The minimum atomic E-state index is -0.586. The smallest absolute Gasteiger partial charge is 0.321 e.